The van der Waals surface area contributed by atoms with Gasteiger partial charge in [-0.05, 0) is 67.6 Å². The molecular weight excluding hydrogens is 413 g/mol. The van der Waals surface area contributed by atoms with Crippen molar-refractivity contribution < 1.29 is 9.82 Å². The third-order valence-electron chi connectivity index (χ3n) is 8.06. The van der Waals surface area contributed by atoms with Gasteiger partial charge in [-0.2, -0.15) is 0 Å². The summed E-state index contributed by atoms with van der Waals surface area (Å²) in [4.78, 5) is 20.8. The molecular formula is C25H42BN3O2Si. The maximum Gasteiger partial charge on any atom is 0.377 e. The van der Waals surface area contributed by atoms with Crippen molar-refractivity contribution in [3.63, 3.8) is 0 Å². The van der Waals surface area contributed by atoms with E-state index in [4.69, 9.17) is 4.98 Å². The minimum absolute atomic E-state index is 0.111. The topological polar surface area (TPSA) is 58.4 Å². The number of rotatable bonds is 9. The molecule has 5 nitrogen and oxygen atoms in total. The Hall–Kier alpha value is -1.44. The van der Waals surface area contributed by atoms with Gasteiger partial charge in [-0.3, -0.25) is 4.79 Å². The second kappa shape index (κ2) is 9.43. The van der Waals surface area contributed by atoms with Gasteiger partial charge in [-0.1, -0.05) is 54.9 Å². The number of carbonyl (C=O) groups is 1. The summed E-state index contributed by atoms with van der Waals surface area (Å²) in [6.45, 7) is 18.8. The number of ketones is 1. The highest BCUT2D eigenvalue weighted by Gasteiger charge is 2.49. The first-order valence-electron chi connectivity index (χ1n) is 12.5. The fraction of sp³-hybridized carbons (Fsp3) is 0.680. The van der Waals surface area contributed by atoms with E-state index in [2.05, 4.69) is 65.0 Å². The van der Waals surface area contributed by atoms with Crippen LogP contribution in [0, 0.1) is 0 Å². The van der Waals surface area contributed by atoms with E-state index in [0.717, 1.165) is 43.3 Å². The maximum absolute atomic E-state index is 13.9. The van der Waals surface area contributed by atoms with Gasteiger partial charge >= 0.3 is 7.05 Å². The molecule has 3 rings (SSSR count). The van der Waals surface area contributed by atoms with Gasteiger partial charge in [0.2, 0.25) is 0 Å². The number of Topliss-reactive ketones (excluding diaryl/α,β-unsaturated/α-hetero) is 1. The van der Waals surface area contributed by atoms with Crippen molar-refractivity contribution in [1.29, 1.82) is 0 Å². The predicted molar refractivity (Wildman–Crippen MR) is 138 cm³/mol. The number of hydrogen-bond acceptors (Lipinski definition) is 4. The van der Waals surface area contributed by atoms with Crippen molar-refractivity contribution in [3.8, 4) is 0 Å². The highest BCUT2D eigenvalue weighted by atomic mass is 28.3. The van der Waals surface area contributed by atoms with Crippen molar-refractivity contribution in [2.45, 2.75) is 103 Å². The average molecular weight is 456 g/mol. The van der Waals surface area contributed by atoms with Crippen LogP contribution in [0.15, 0.2) is 24.5 Å². The lowest BCUT2D eigenvalue weighted by atomic mass is 9.74. The molecule has 0 bridgehead atoms. The molecule has 1 N–H and O–H groups in total. The molecule has 1 unspecified atom stereocenters. The van der Waals surface area contributed by atoms with Crippen molar-refractivity contribution in [2.75, 3.05) is 6.54 Å². The second-order valence-corrected chi connectivity index (χ2v) is 16.4. The highest BCUT2D eigenvalue weighted by molar-refractivity contribution is 6.82. The molecule has 1 fully saturated rings. The van der Waals surface area contributed by atoms with Gasteiger partial charge in [-0.25, -0.2) is 4.98 Å². The van der Waals surface area contributed by atoms with Crippen LogP contribution >= 0.6 is 0 Å². The Balaban J connectivity index is 2.10. The van der Waals surface area contributed by atoms with Gasteiger partial charge in [0, 0.05) is 17.1 Å². The quantitative estimate of drug-likeness (QED) is 0.373. The first-order valence-corrected chi connectivity index (χ1v) is 14.7. The Kier molecular flexibility index (Phi) is 7.43. The molecule has 32 heavy (non-hydrogen) atoms. The molecule has 1 aliphatic heterocycles. The molecule has 0 saturated carbocycles. The largest absolute Gasteiger partial charge is 0.437 e. The fourth-order valence-corrected chi connectivity index (χ4v) is 13.6. The molecule has 0 spiro atoms. The Morgan fingerprint density at radius 2 is 1.84 bits per heavy atom. The van der Waals surface area contributed by atoms with Crippen molar-refractivity contribution >= 4 is 32.1 Å². The summed E-state index contributed by atoms with van der Waals surface area (Å²) in [5.74, 6) is 0.111. The first kappa shape index (κ1) is 25.2. The van der Waals surface area contributed by atoms with Crippen LogP contribution in [0.25, 0.3) is 11.0 Å². The maximum atomic E-state index is 13.9. The van der Waals surface area contributed by atoms with Crippen LogP contribution in [0.4, 0.5) is 0 Å². The van der Waals surface area contributed by atoms with E-state index in [0.29, 0.717) is 22.2 Å². The van der Waals surface area contributed by atoms with Crippen molar-refractivity contribution in [2.24, 2.45) is 0 Å². The highest BCUT2D eigenvalue weighted by Crippen LogP contribution is 2.44. The molecule has 2 aromatic rings. The minimum atomic E-state index is -1.91. The summed E-state index contributed by atoms with van der Waals surface area (Å²) in [5, 5.41) is 11.4. The van der Waals surface area contributed by atoms with E-state index in [-0.39, 0.29) is 5.78 Å². The Bertz CT molecular complexity index is 934. The van der Waals surface area contributed by atoms with Crippen LogP contribution in [0.1, 0.15) is 84.5 Å². The molecule has 0 radical (unpaired) electrons. The molecule has 0 aromatic carbocycles. The smallest absolute Gasteiger partial charge is 0.377 e. The summed E-state index contributed by atoms with van der Waals surface area (Å²) >= 11 is 0. The van der Waals surface area contributed by atoms with Gasteiger partial charge in [0.25, 0.3) is 0 Å². The van der Waals surface area contributed by atoms with Crippen LogP contribution < -0.4 is 0 Å². The van der Waals surface area contributed by atoms with Gasteiger partial charge in [-0.15, -0.1) is 0 Å². The van der Waals surface area contributed by atoms with E-state index in [1.54, 1.807) is 13.0 Å². The predicted octanol–water partition coefficient (Wildman–Crippen LogP) is 5.99. The Morgan fingerprint density at radius 1 is 1.22 bits per heavy atom. The molecule has 1 saturated heterocycles. The number of hydrogen-bond donors (Lipinski definition) is 1. The van der Waals surface area contributed by atoms with E-state index < -0.39 is 20.8 Å². The van der Waals surface area contributed by atoms with Crippen molar-refractivity contribution in [1.82, 2.24) is 14.0 Å². The van der Waals surface area contributed by atoms with Gasteiger partial charge in [0.1, 0.15) is 5.65 Å². The van der Waals surface area contributed by atoms with Crippen LogP contribution in [0.2, 0.25) is 23.4 Å². The number of fused-ring (bicyclic) bond motifs is 1. The van der Waals surface area contributed by atoms with Crippen molar-refractivity contribution in [3.05, 3.63) is 30.1 Å². The number of pyridine rings is 1. The van der Waals surface area contributed by atoms with Crippen LogP contribution in [-0.2, 0) is 0 Å². The van der Waals surface area contributed by atoms with Crippen LogP contribution in [0.5, 0.6) is 0 Å². The lowest BCUT2D eigenvalue weighted by Crippen LogP contribution is -2.55. The summed E-state index contributed by atoms with van der Waals surface area (Å²) in [6, 6.07) is 4.18. The lowest BCUT2D eigenvalue weighted by molar-refractivity contribution is 0.0751. The zero-order chi connectivity index (χ0) is 23.8. The Labute approximate surface area is 195 Å². The third kappa shape index (κ3) is 3.80. The molecule has 1 aliphatic rings. The van der Waals surface area contributed by atoms with E-state index in [9.17, 15) is 9.82 Å². The molecule has 3 heterocycles. The molecule has 2 aromatic heterocycles. The zero-order valence-corrected chi connectivity index (χ0v) is 22.4. The normalized spacial score (nSPS) is 20.2. The second-order valence-electron chi connectivity index (χ2n) is 10.7. The average Bonchev–Trinajstić information content (AvgIpc) is 3.32. The van der Waals surface area contributed by atoms with E-state index in [1.165, 1.54) is 0 Å². The summed E-state index contributed by atoms with van der Waals surface area (Å²) in [6.07, 6.45) is 7.42. The molecule has 176 valence electrons. The van der Waals surface area contributed by atoms with Gasteiger partial charge in [0.05, 0.1) is 5.54 Å². The van der Waals surface area contributed by atoms with Gasteiger partial charge in [0.15, 0.2) is 14.0 Å². The summed E-state index contributed by atoms with van der Waals surface area (Å²) < 4.78 is 2.50. The monoisotopic (exact) mass is 455 g/mol. The zero-order valence-electron chi connectivity index (χ0n) is 21.4. The lowest BCUT2D eigenvalue weighted by Gasteiger charge is -2.44. The minimum Gasteiger partial charge on any atom is -0.437 e. The van der Waals surface area contributed by atoms with Crippen LogP contribution in [-0.4, -0.2) is 52.2 Å². The SMILES string of the molecule is CCCC1(C(=O)c2cnc3c(ccn3[Si](C(C)C)(C(C)C)C(C)C)c2)CCCN1B(C)O. The number of aromatic nitrogens is 2. The molecule has 0 aliphatic carbocycles. The number of nitrogens with zero attached hydrogens (tertiary/aromatic N) is 3. The Morgan fingerprint density at radius 3 is 2.38 bits per heavy atom. The number of carbonyl (C=O) groups excluding carboxylic acids is 1. The fourth-order valence-electron chi connectivity index (χ4n) is 7.05. The molecule has 0 amide bonds. The van der Waals surface area contributed by atoms with Crippen LogP contribution in [0.3, 0.4) is 0 Å². The third-order valence-corrected chi connectivity index (χ3v) is 14.8. The molecule has 7 heteroatoms. The summed E-state index contributed by atoms with van der Waals surface area (Å²) in [7, 11) is -2.54. The standard InChI is InChI=1S/C25H42BN3O2Si/c1-9-12-25(13-10-14-29(25)26(8)31)23(30)22-16-21-11-15-28(24(21)27-17-22)32(18(2)3,19(4)5)20(6)7/h11,15-20,31H,9-10,12-14H2,1-8H3. The first-order chi connectivity index (χ1) is 15.0. The van der Waals surface area contributed by atoms with E-state index in [1.807, 2.05) is 10.9 Å². The van der Waals surface area contributed by atoms with E-state index >= 15 is 0 Å². The molecule has 1 atom stereocenters. The van der Waals surface area contributed by atoms with Gasteiger partial charge < -0.3 is 14.1 Å². The summed E-state index contributed by atoms with van der Waals surface area (Å²) in [5.41, 5.74) is 2.79.